The molecule has 26 heavy (non-hydrogen) atoms. The van der Waals surface area contributed by atoms with Gasteiger partial charge in [-0.2, -0.15) is 0 Å². The van der Waals surface area contributed by atoms with Crippen molar-refractivity contribution in [3.63, 3.8) is 0 Å². The van der Waals surface area contributed by atoms with Gasteiger partial charge >= 0.3 is 0 Å². The van der Waals surface area contributed by atoms with Crippen LogP contribution in [0.5, 0.6) is 0 Å². The maximum atomic E-state index is 13.0. The van der Waals surface area contributed by atoms with Crippen molar-refractivity contribution >= 4 is 18.2 Å². The molecule has 1 aromatic rings. The highest BCUT2D eigenvalue weighted by Crippen LogP contribution is 2.46. The predicted octanol–water partition coefficient (Wildman–Crippen LogP) is 5.69. The Morgan fingerprint density at radius 2 is 1.54 bits per heavy atom. The van der Waals surface area contributed by atoms with Gasteiger partial charge in [0.15, 0.2) is 5.78 Å². The molecule has 1 saturated heterocycles. The van der Waals surface area contributed by atoms with Gasteiger partial charge < -0.3 is 4.90 Å². The Morgan fingerprint density at radius 3 is 2.08 bits per heavy atom. The number of carbonyl (C=O) groups excluding carboxylic acids is 1. The zero-order valence-electron chi connectivity index (χ0n) is 17.3. The zero-order valence-corrected chi connectivity index (χ0v) is 18.1. The van der Waals surface area contributed by atoms with Crippen molar-refractivity contribution in [1.29, 1.82) is 0 Å². The molecule has 146 valence electrons. The Morgan fingerprint density at radius 1 is 1.00 bits per heavy atom. The number of hydrogen-bond acceptors (Lipinski definition) is 2. The van der Waals surface area contributed by atoms with E-state index in [1.807, 2.05) is 0 Å². The van der Waals surface area contributed by atoms with Crippen molar-refractivity contribution in [2.45, 2.75) is 84.0 Å². The topological polar surface area (TPSA) is 20.3 Å². The van der Waals surface area contributed by atoms with Crippen LogP contribution < -0.4 is 0 Å². The summed E-state index contributed by atoms with van der Waals surface area (Å²) in [6.45, 7) is 14.8. The molecule has 1 heterocycles. The van der Waals surface area contributed by atoms with Crippen LogP contribution in [0.4, 0.5) is 0 Å². The molecule has 0 amide bonds. The second kappa shape index (κ2) is 8.02. The van der Waals surface area contributed by atoms with Gasteiger partial charge in [-0.3, -0.25) is 4.79 Å². The summed E-state index contributed by atoms with van der Waals surface area (Å²) >= 11 is 0. The smallest absolute Gasteiger partial charge is 0.164 e. The highest BCUT2D eigenvalue weighted by molar-refractivity contribution is 5.98. The average molecular weight is 378 g/mol. The lowest BCUT2D eigenvalue weighted by atomic mass is 9.62. The van der Waals surface area contributed by atoms with Crippen LogP contribution in [0.2, 0.25) is 0 Å². The molecule has 0 saturated carbocycles. The summed E-state index contributed by atoms with van der Waals surface area (Å²) in [4.78, 5) is 15.5. The lowest BCUT2D eigenvalue weighted by molar-refractivity contribution is 0.0967. The van der Waals surface area contributed by atoms with Gasteiger partial charge in [0.25, 0.3) is 0 Å². The number of halogens is 1. The highest BCUT2D eigenvalue weighted by Gasteiger charge is 2.38. The van der Waals surface area contributed by atoms with Gasteiger partial charge in [0.2, 0.25) is 0 Å². The van der Waals surface area contributed by atoms with E-state index in [0.29, 0.717) is 12.2 Å². The van der Waals surface area contributed by atoms with E-state index >= 15 is 0 Å². The van der Waals surface area contributed by atoms with Crippen molar-refractivity contribution in [2.24, 2.45) is 0 Å². The number of Topliss-reactive ketones (excluding diaryl/α,β-unsaturated/α-hetero) is 1. The largest absolute Gasteiger partial charge is 0.303 e. The number of aryl methyl sites for hydroxylation is 1. The minimum absolute atomic E-state index is 0. The standard InChI is InChI=1S/C23H35NO.ClH/c1-6-17-15-19-20(23(4,5)11-10-22(19,2)3)16-18(17)21(25)9-14-24-12-7-8-13-24;/h15-16H,6-14H2,1-5H3;1H. The number of hydrogen-bond donors (Lipinski definition) is 0. The van der Waals surface area contributed by atoms with Crippen molar-refractivity contribution in [3.8, 4) is 0 Å². The van der Waals surface area contributed by atoms with Crippen LogP contribution in [-0.2, 0) is 17.3 Å². The summed E-state index contributed by atoms with van der Waals surface area (Å²) in [5.74, 6) is 0.339. The number of fused-ring (bicyclic) bond motifs is 1. The van der Waals surface area contributed by atoms with Crippen molar-refractivity contribution in [2.75, 3.05) is 19.6 Å². The first-order chi connectivity index (χ1) is 11.7. The molecule has 0 aromatic heterocycles. The fraction of sp³-hybridized carbons (Fsp3) is 0.696. The molecular formula is C23H36ClNO. The van der Waals surface area contributed by atoms with Gasteiger partial charge in [-0.05, 0) is 78.8 Å². The molecule has 0 radical (unpaired) electrons. The SMILES string of the molecule is CCc1cc2c(cc1C(=O)CCN1CCCC1)C(C)(C)CCC2(C)C.Cl. The van der Waals surface area contributed by atoms with E-state index in [-0.39, 0.29) is 23.2 Å². The van der Waals surface area contributed by atoms with Crippen LogP contribution in [0.25, 0.3) is 0 Å². The third-order valence-electron chi connectivity index (χ3n) is 6.61. The van der Waals surface area contributed by atoms with E-state index in [9.17, 15) is 4.79 Å². The molecule has 3 heteroatoms. The van der Waals surface area contributed by atoms with Crippen LogP contribution in [0.1, 0.15) is 93.8 Å². The maximum absolute atomic E-state index is 13.0. The Balaban J connectivity index is 0.00000243. The first-order valence-corrected chi connectivity index (χ1v) is 10.2. The molecule has 1 aromatic carbocycles. The van der Waals surface area contributed by atoms with Crippen LogP contribution in [0.3, 0.4) is 0 Å². The summed E-state index contributed by atoms with van der Waals surface area (Å²) in [6.07, 6.45) is 6.59. The molecule has 1 fully saturated rings. The Bertz CT molecular complexity index is 656. The summed E-state index contributed by atoms with van der Waals surface area (Å²) in [6, 6.07) is 4.63. The number of benzene rings is 1. The minimum Gasteiger partial charge on any atom is -0.303 e. The molecule has 1 aliphatic carbocycles. The van der Waals surface area contributed by atoms with E-state index in [2.05, 4.69) is 51.7 Å². The van der Waals surface area contributed by atoms with E-state index in [4.69, 9.17) is 0 Å². The molecule has 0 atom stereocenters. The van der Waals surface area contributed by atoms with Gasteiger partial charge in [0.05, 0.1) is 0 Å². The highest BCUT2D eigenvalue weighted by atomic mass is 35.5. The Labute approximate surface area is 166 Å². The molecule has 0 N–H and O–H groups in total. The van der Waals surface area contributed by atoms with E-state index < -0.39 is 0 Å². The third-order valence-corrected chi connectivity index (χ3v) is 6.61. The van der Waals surface area contributed by atoms with Crippen molar-refractivity contribution in [1.82, 2.24) is 4.90 Å². The molecule has 3 rings (SSSR count). The van der Waals surface area contributed by atoms with Gasteiger partial charge in [0.1, 0.15) is 0 Å². The molecule has 0 spiro atoms. The van der Waals surface area contributed by atoms with Gasteiger partial charge in [-0.1, -0.05) is 40.7 Å². The summed E-state index contributed by atoms with van der Waals surface area (Å²) in [7, 11) is 0. The summed E-state index contributed by atoms with van der Waals surface area (Å²) in [5.41, 5.74) is 5.50. The number of nitrogens with zero attached hydrogens (tertiary/aromatic N) is 1. The first-order valence-electron chi connectivity index (χ1n) is 10.2. The lowest BCUT2D eigenvalue weighted by Crippen LogP contribution is -2.34. The quantitative estimate of drug-likeness (QED) is 0.614. The average Bonchev–Trinajstić information content (AvgIpc) is 3.09. The minimum atomic E-state index is 0. The van der Waals surface area contributed by atoms with E-state index in [1.165, 1.54) is 55.5 Å². The maximum Gasteiger partial charge on any atom is 0.164 e. The first kappa shape index (κ1) is 21.4. The summed E-state index contributed by atoms with van der Waals surface area (Å²) in [5, 5.41) is 0. The predicted molar refractivity (Wildman–Crippen MR) is 113 cm³/mol. The molecule has 2 nitrogen and oxygen atoms in total. The van der Waals surface area contributed by atoms with Crippen molar-refractivity contribution in [3.05, 3.63) is 34.4 Å². The normalized spacial score (nSPS) is 21.1. The van der Waals surface area contributed by atoms with Crippen LogP contribution in [-0.4, -0.2) is 30.3 Å². The van der Waals surface area contributed by atoms with Crippen molar-refractivity contribution < 1.29 is 4.79 Å². The number of rotatable bonds is 5. The number of likely N-dealkylation sites (tertiary alicyclic amines) is 1. The second-order valence-electron chi connectivity index (χ2n) is 9.40. The lowest BCUT2D eigenvalue weighted by Gasteiger charge is -2.42. The molecule has 1 aliphatic heterocycles. The molecular weight excluding hydrogens is 342 g/mol. The number of carbonyl (C=O) groups is 1. The Kier molecular flexibility index (Phi) is 6.62. The molecule has 0 unspecified atom stereocenters. The zero-order chi connectivity index (χ0) is 18.2. The third kappa shape index (κ3) is 4.17. The van der Waals surface area contributed by atoms with Crippen LogP contribution >= 0.6 is 12.4 Å². The van der Waals surface area contributed by atoms with E-state index in [0.717, 1.165) is 18.5 Å². The Hall–Kier alpha value is -0.860. The monoisotopic (exact) mass is 377 g/mol. The molecule has 0 bridgehead atoms. The van der Waals surface area contributed by atoms with Gasteiger partial charge in [0, 0.05) is 18.5 Å². The van der Waals surface area contributed by atoms with Crippen LogP contribution in [0, 0.1) is 0 Å². The fourth-order valence-electron chi connectivity index (χ4n) is 4.61. The summed E-state index contributed by atoms with van der Waals surface area (Å²) < 4.78 is 0. The van der Waals surface area contributed by atoms with E-state index in [1.54, 1.807) is 0 Å². The molecule has 2 aliphatic rings. The van der Waals surface area contributed by atoms with Crippen LogP contribution in [0.15, 0.2) is 12.1 Å². The van der Waals surface area contributed by atoms with Gasteiger partial charge in [-0.25, -0.2) is 0 Å². The fourth-order valence-corrected chi connectivity index (χ4v) is 4.61. The number of ketones is 1. The van der Waals surface area contributed by atoms with Gasteiger partial charge in [-0.15, -0.1) is 12.4 Å². The second-order valence-corrected chi connectivity index (χ2v) is 9.40.